The Hall–Kier alpha value is -0.170. The van der Waals surface area contributed by atoms with E-state index in [1.165, 1.54) is 19.4 Å². The van der Waals surface area contributed by atoms with Crippen LogP contribution in [0.25, 0.3) is 0 Å². The fraction of sp³-hybridized carbons (Fsp3) is 1.00. The van der Waals surface area contributed by atoms with Gasteiger partial charge in [-0.2, -0.15) is 0 Å². The molecule has 0 amide bonds. The van der Waals surface area contributed by atoms with Gasteiger partial charge in [0.15, 0.2) is 0 Å². The van der Waals surface area contributed by atoms with Gasteiger partial charge in [0, 0.05) is 12.6 Å². The molecule has 2 N–H and O–H groups in total. The molecule has 0 aromatic rings. The van der Waals surface area contributed by atoms with Gasteiger partial charge in [-0.1, -0.05) is 6.92 Å². The molecule has 2 saturated heterocycles. The van der Waals surface area contributed by atoms with Gasteiger partial charge in [0.2, 0.25) is 10.0 Å². The van der Waals surface area contributed by atoms with E-state index in [1.807, 2.05) is 6.92 Å². The van der Waals surface area contributed by atoms with Crippen LogP contribution in [0.1, 0.15) is 39.0 Å². The van der Waals surface area contributed by atoms with Gasteiger partial charge >= 0.3 is 0 Å². The van der Waals surface area contributed by atoms with Crippen LogP contribution >= 0.6 is 0 Å². The van der Waals surface area contributed by atoms with Crippen molar-refractivity contribution in [3.8, 4) is 0 Å². The summed E-state index contributed by atoms with van der Waals surface area (Å²) in [5.41, 5.74) is 0. The van der Waals surface area contributed by atoms with Crippen LogP contribution in [0.2, 0.25) is 0 Å². The highest BCUT2D eigenvalue weighted by molar-refractivity contribution is 7.89. The predicted octanol–water partition coefficient (Wildman–Crippen LogP) is 0.780. The normalized spacial score (nSPS) is 24.1. The molecule has 0 saturated carbocycles. The van der Waals surface area contributed by atoms with Crippen LogP contribution in [0, 0.1) is 5.92 Å². The van der Waals surface area contributed by atoms with Crippen LogP contribution in [0.5, 0.6) is 0 Å². The zero-order valence-corrected chi connectivity index (χ0v) is 13.4. The molecule has 20 heavy (non-hydrogen) atoms. The SMILES string of the molecule is CCCS(=O)(=O)NC1CCN(CC2CCNCC2)CC1. The molecule has 5 nitrogen and oxygen atoms in total. The third kappa shape index (κ3) is 5.31. The first-order chi connectivity index (χ1) is 9.59. The standard InChI is InChI=1S/C14H29N3O2S/c1-2-11-20(18,19)16-14-5-9-17(10-6-14)12-13-3-7-15-8-4-13/h13-16H,2-12H2,1H3. The van der Waals surface area contributed by atoms with Gasteiger partial charge in [-0.15, -0.1) is 0 Å². The van der Waals surface area contributed by atoms with E-state index in [2.05, 4.69) is 14.9 Å². The fourth-order valence-corrected chi connectivity index (χ4v) is 4.64. The molecule has 2 aliphatic rings. The summed E-state index contributed by atoms with van der Waals surface area (Å²) in [5.74, 6) is 1.08. The molecule has 0 unspecified atom stereocenters. The maximum Gasteiger partial charge on any atom is 0.211 e. The van der Waals surface area contributed by atoms with Crippen LogP contribution in [-0.2, 0) is 10.0 Å². The van der Waals surface area contributed by atoms with E-state index in [9.17, 15) is 8.42 Å². The number of piperidine rings is 2. The quantitative estimate of drug-likeness (QED) is 0.761. The first-order valence-corrected chi connectivity index (χ1v) is 9.67. The number of hydrogen-bond donors (Lipinski definition) is 2. The molecule has 2 rings (SSSR count). The van der Waals surface area contributed by atoms with Crippen LogP contribution < -0.4 is 10.0 Å². The molecule has 118 valence electrons. The molecule has 0 aromatic carbocycles. The first kappa shape index (κ1) is 16.2. The highest BCUT2D eigenvalue weighted by atomic mass is 32.2. The molecular weight excluding hydrogens is 274 g/mol. The third-order valence-corrected chi connectivity index (χ3v) is 6.02. The number of nitrogens with one attached hydrogen (secondary N) is 2. The molecule has 0 aromatic heterocycles. The van der Waals surface area contributed by atoms with Gasteiger partial charge in [-0.05, 0) is 64.2 Å². The molecule has 0 radical (unpaired) electrons. The Morgan fingerprint density at radius 1 is 1.15 bits per heavy atom. The monoisotopic (exact) mass is 303 g/mol. The van der Waals surface area contributed by atoms with Gasteiger partial charge < -0.3 is 10.2 Å². The Balaban J connectivity index is 1.69. The van der Waals surface area contributed by atoms with Crippen molar-refractivity contribution in [3.63, 3.8) is 0 Å². The zero-order valence-electron chi connectivity index (χ0n) is 12.6. The topological polar surface area (TPSA) is 61.4 Å². The number of sulfonamides is 1. The average Bonchev–Trinajstić information content (AvgIpc) is 2.42. The summed E-state index contributed by atoms with van der Waals surface area (Å²) in [4.78, 5) is 2.51. The molecule has 0 aliphatic carbocycles. The Labute approximate surface area is 123 Å². The molecule has 0 spiro atoms. The van der Waals surface area contributed by atoms with E-state index in [0.717, 1.165) is 44.9 Å². The molecule has 0 atom stereocenters. The summed E-state index contributed by atoms with van der Waals surface area (Å²) in [5, 5.41) is 3.40. The van der Waals surface area contributed by atoms with Crippen molar-refractivity contribution in [2.45, 2.75) is 45.1 Å². The second kappa shape index (κ2) is 7.73. The fourth-order valence-electron chi connectivity index (χ4n) is 3.24. The second-order valence-electron chi connectivity index (χ2n) is 6.20. The summed E-state index contributed by atoms with van der Waals surface area (Å²) in [6.45, 7) is 7.46. The lowest BCUT2D eigenvalue weighted by atomic mass is 9.96. The van der Waals surface area contributed by atoms with Crippen molar-refractivity contribution in [1.29, 1.82) is 0 Å². The zero-order chi connectivity index (χ0) is 14.4. The van der Waals surface area contributed by atoms with E-state index in [-0.39, 0.29) is 11.8 Å². The number of hydrogen-bond acceptors (Lipinski definition) is 4. The minimum absolute atomic E-state index is 0.149. The van der Waals surface area contributed by atoms with Crippen molar-refractivity contribution in [2.24, 2.45) is 5.92 Å². The Morgan fingerprint density at radius 3 is 2.40 bits per heavy atom. The molecule has 2 aliphatic heterocycles. The van der Waals surface area contributed by atoms with Crippen molar-refractivity contribution in [3.05, 3.63) is 0 Å². The second-order valence-corrected chi connectivity index (χ2v) is 8.08. The summed E-state index contributed by atoms with van der Waals surface area (Å²) >= 11 is 0. The van der Waals surface area contributed by atoms with Crippen LogP contribution in [0.15, 0.2) is 0 Å². The largest absolute Gasteiger partial charge is 0.317 e. The van der Waals surface area contributed by atoms with Gasteiger partial charge in [0.05, 0.1) is 5.75 Å². The van der Waals surface area contributed by atoms with Crippen molar-refractivity contribution in [1.82, 2.24) is 14.9 Å². The van der Waals surface area contributed by atoms with E-state index in [1.54, 1.807) is 0 Å². The van der Waals surface area contributed by atoms with Gasteiger partial charge in [-0.3, -0.25) is 0 Å². The molecular formula is C14H29N3O2S. The molecule has 0 bridgehead atoms. The average molecular weight is 303 g/mol. The number of rotatable bonds is 6. The number of likely N-dealkylation sites (tertiary alicyclic amines) is 1. The van der Waals surface area contributed by atoms with Gasteiger partial charge in [-0.25, -0.2) is 13.1 Å². The van der Waals surface area contributed by atoms with Crippen molar-refractivity contribution >= 4 is 10.0 Å². The smallest absolute Gasteiger partial charge is 0.211 e. The van der Waals surface area contributed by atoms with Gasteiger partial charge in [0.1, 0.15) is 0 Å². The minimum atomic E-state index is -3.05. The predicted molar refractivity (Wildman–Crippen MR) is 82.3 cm³/mol. The van der Waals surface area contributed by atoms with Crippen molar-refractivity contribution < 1.29 is 8.42 Å². The lowest BCUT2D eigenvalue weighted by molar-refractivity contribution is 0.164. The minimum Gasteiger partial charge on any atom is -0.317 e. The first-order valence-electron chi connectivity index (χ1n) is 8.02. The van der Waals surface area contributed by atoms with E-state index < -0.39 is 10.0 Å². The lowest BCUT2D eigenvalue weighted by Crippen LogP contribution is -2.47. The van der Waals surface area contributed by atoms with E-state index in [0.29, 0.717) is 6.42 Å². The summed E-state index contributed by atoms with van der Waals surface area (Å²) in [7, 11) is -3.05. The summed E-state index contributed by atoms with van der Waals surface area (Å²) in [6, 6.07) is 0.149. The van der Waals surface area contributed by atoms with Crippen LogP contribution in [0.3, 0.4) is 0 Å². The van der Waals surface area contributed by atoms with E-state index in [4.69, 9.17) is 0 Å². The Morgan fingerprint density at radius 2 is 1.80 bits per heavy atom. The Bertz CT molecular complexity index is 372. The maximum atomic E-state index is 11.8. The molecule has 6 heteroatoms. The summed E-state index contributed by atoms with van der Waals surface area (Å²) in [6.07, 6.45) is 5.15. The van der Waals surface area contributed by atoms with Crippen LogP contribution in [-0.4, -0.2) is 57.8 Å². The molecule has 2 fully saturated rings. The molecule has 2 heterocycles. The highest BCUT2D eigenvalue weighted by Gasteiger charge is 2.25. The lowest BCUT2D eigenvalue weighted by Gasteiger charge is -2.35. The maximum absolute atomic E-state index is 11.8. The van der Waals surface area contributed by atoms with Crippen LogP contribution in [0.4, 0.5) is 0 Å². The Kier molecular flexibility index (Phi) is 6.26. The third-order valence-electron chi connectivity index (χ3n) is 4.38. The highest BCUT2D eigenvalue weighted by Crippen LogP contribution is 2.17. The number of nitrogens with zero attached hydrogens (tertiary/aromatic N) is 1. The summed E-state index contributed by atoms with van der Waals surface area (Å²) < 4.78 is 26.4. The van der Waals surface area contributed by atoms with Crippen molar-refractivity contribution in [2.75, 3.05) is 38.5 Å². The van der Waals surface area contributed by atoms with Gasteiger partial charge in [0.25, 0.3) is 0 Å². The van der Waals surface area contributed by atoms with E-state index >= 15 is 0 Å².